The van der Waals surface area contributed by atoms with Gasteiger partial charge in [-0.2, -0.15) is 0 Å². The summed E-state index contributed by atoms with van der Waals surface area (Å²) in [6, 6.07) is 6.09. The summed E-state index contributed by atoms with van der Waals surface area (Å²) in [5, 5.41) is 18.5. The van der Waals surface area contributed by atoms with Crippen molar-refractivity contribution >= 4 is 5.96 Å². The van der Waals surface area contributed by atoms with Crippen LogP contribution >= 0.6 is 0 Å². The van der Waals surface area contributed by atoms with E-state index in [-0.39, 0.29) is 6.61 Å². The van der Waals surface area contributed by atoms with Crippen LogP contribution in [0.4, 0.5) is 0 Å². The molecule has 2 aliphatic rings. The predicted octanol–water partition coefficient (Wildman–Crippen LogP) is -1.09. The molecule has 5 atom stereocenters. The zero-order valence-electron chi connectivity index (χ0n) is 13.3. The molecular formula is C14H19N4O7+. The van der Waals surface area contributed by atoms with Gasteiger partial charge in [0.1, 0.15) is 29.8 Å². The fourth-order valence-electron chi connectivity index (χ4n) is 2.80. The number of aliphatic imine (C=N–C) groups is 1. The van der Waals surface area contributed by atoms with Crippen LogP contribution in [0.3, 0.4) is 0 Å². The first-order chi connectivity index (χ1) is 12.0. The Balaban J connectivity index is 1.93. The van der Waals surface area contributed by atoms with Gasteiger partial charge in [0.25, 0.3) is 5.96 Å². The van der Waals surface area contributed by atoms with Crippen molar-refractivity contribution in [3.05, 3.63) is 29.2 Å². The molecular weight excluding hydrogens is 336 g/mol. The third kappa shape index (κ3) is 3.57. The van der Waals surface area contributed by atoms with Gasteiger partial charge < -0.3 is 29.8 Å². The summed E-state index contributed by atoms with van der Waals surface area (Å²) >= 11 is 0. The maximum absolute atomic E-state index is 10.6. The number of benzene rings is 1. The predicted molar refractivity (Wildman–Crippen MR) is 82.0 cm³/mol. The van der Waals surface area contributed by atoms with Gasteiger partial charge in [-0.15, -0.1) is 0 Å². The Bertz CT molecular complexity index is 670. The Kier molecular flexibility index (Phi) is 4.88. The maximum Gasteiger partial charge on any atom is 0.362 e. The van der Waals surface area contributed by atoms with E-state index < -0.39 is 41.6 Å². The number of aliphatic hydroxyl groups is 1. The Morgan fingerprint density at radius 3 is 2.84 bits per heavy atom. The number of hydrogen-bond donors (Lipinski definition) is 4. The van der Waals surface area contributed by atoms with Gasteiger partial charge in [0, 0.05) is 7.11 Å². The van der Waals surface area contributed by atoms with Crippen LogP contribution in [-0.2, 0) is 9.47 Å². The number of nitrogens with one attached hydrogen (secondary N) is 1. The number of hydrazine groups is 1. The Morgan fingerprint density at radius 1 is 1.44 bits per heavy atom. The van der Waals surface area contributed by atoms with E-state index in [1.54, 1.807) is 24.3 Å². The highest BCUT2D eigenvalue weighted by Gasteiger charge is 2.49. The molecule has 11 heteroatoms. The maximum atomic E-state index is 10.6. The Labute approximate surface area is 142 Å². The fourth-order valence-corrected chi connectivity index (χ4v) is 2.80. The number of para-hydroxylation sites is 2. The molecule has 1 fully saturated rings. The lowest BCUT2D eigenvalue weighted by Crippen LogP contribution is -2.61. The molecule has 0 aromatic heterocycles. The highest BCUT2D eigenvalue weighted by atomic mass is 16.7. The summed E-state index contributed by atoms with van der Waals surface area (Å²) < 4.78 is 22.4. The van der Waals surface area contributed by atoms with Gasteiger partial charge in [-0.25, -0.2) is 10.2 Å². The van der Waals surface area contributed by atoms with Crippen LogP contribution in [0.15, 0.2) is 29.3 Å². The summed E-state index contributed by atoms with van der Waals surface area (Å²) in [4.78, 5) is 14.7. The fraction of sp³-hybridized carbons (Fsp3) is 0.500. The second-order valence-corrected chi connectivity index (χ2v) is 5.50. The molecule has 5 N–H and O–H groups in total. The zero-order valence-corrected chi connectivity index (χ0v) is 13.3. The second-order valence-electron chi connectivity index (χ2n) is 5.50. The molecule has 1 aromatic carbocycles. The first kappa shape index (κ1) is 17.2. The number of hydrogen-bond acceptors (Lipinski definition) is 7. The lowest BCUT2D eigenvalue weighted by atomic mass is 9.96. The molecule has 2 heterocycles. The lowest BCUT2D eigenvalue weighted by Gasteiger charge is -2.40. The molecule has 11 nitrogen and oxygen atoms in total. The van der Waals surface area contributed by atoms with Gasteiger partial charge in [-0.05, 0) is 17.6 Å². The van der Waals surface area contributed by atoms with Crippen LogP contribution in [-0.4, -0.2) is 65.7 Å². The number of ether oxygens (including phenoxy) is 4. The minimum absolute atomic E-state index is 0.140. The van der Waals surface area contributed by atoms with Crippen molar-refractivity contribution < 1.29 is 34.3 Å². The van der Waals surface area contributed by atoms with Crippen LogP contribution in [0.5, 0.6) is 11.5 Å². The van der Waals surface area contributed by atoms with E-state index in [1.165, 1.54) is 7.11 Å². The van der Waals surface area contributed by atoms with Gasteiger partial charge >= 0.3 is 5.03 Å². The molecule has 2 aliphatic heterocycles. The first-order valence-corrected chi connectivity index (χ1v) is 7.50. The third-order valence-corrected chi connectivity index (χ3v) is 3.89. The Hall–Kier alpha value is -2.63. The molecule has 0 radical (unpaired) electrons. The van der Waals surface area contributed by atoms with Crippen molar-refractivity contribution in [2.75, 3.05) is 13.7 Å². The van der Waals surface area contributed by atoms with E-state index in [2.05, 4.69) is 4.99 Å². The Morgan fingerprint density at radius 2 is 2.16 bits per heavy atom. The van der Waals surface area contributed by atoms with E-state index in [0.29, 0.717) is 11.5 Å². The standard InChI is InChI=1S/C14H19N4O7/c1-22-13-11(19)10(16-14(15)17-18(20)21)12-9(25-13)6-23-7-4-2-3-5-8(7)24-12/h2-5,9-13,19H,6H2,1H3,(H,20,21)(H3,15,16,17)/q+1. The van der Waals surface area contributed by atoms with Crippen molar-refractivity contribution in [3.63, 3.8) is 0 Å². The molecule has 1 saturated heterocycles. The first-order valence-electron chi connectivity index (χ1n) is 7.50. The largest absolute Gasteiger partial charge is 0.487 e. The molecule has 0 spiro atoms. The number of fused-ring (bicyclic) bond motifs is 2. The van der Waals surface area contributed by atoms with Crippen molar-refractivity contribution in [3.8, 4) is 11.5 Å². The van der Waals surface area contributed by atoms with Gasteiger partial charge in [0.2, 0.25) is 0 Å². The van der Waals surface area contributed by atoms with Crippen LogP contribution in [0.25, 0.3) is 0 Å². The number of nitrogens with zero attached hydrogens (tertiary/aromatic N) is 2. The van der Waals surface area contributed by atoms with Crippen molar-refractivity contribution in [2.24, 2.45) is 10.7 Å². The van der Waals surface area contributed by atoms with Gasteiger partial charge in [-0.3, -0.25) is 0 Å². The van der Waals surface area contributed by atoms with Crippen LogP contribution < -0.4 is 20.6 Å². The van der Waals surface area contributed by atoms with E-state index in [0.717, 1.165) is 0 Å². The van der Waals surface area contributed by atoms with Crippen LogP contribution in [0.1, 0.15) is 0 Å². The summed E-state index contributed by atoms with van der Waals surface area (Å²) in [5.74, 6) is 0.582. The molecule has 0 saturated carbocycles. The monoisotopic (exact) mass is 355 g/mol. The molecule has 136 valence electrons. The quantitative estimate of drug-likeness (QED) is 0.302. The third-order valence-electron chi connectivity index (χ3n) is 3.89. The van der Waals surface area contributed by atoms with E-state index in [4.69, 9.17) is 29.9 Å². The number of aliphatic hydroxyl groups excluding tert-OH is 1. The molecule has 0 aliphatic carbocycles. The molecule has 3 rings (SSSR count). The van der Waals surface area contributed by atoms with Crippen molar-refractivity contribution in [2.45, 2.75) is 30.6 Å². The number of guanidine groups is 1. The van der Waals surface area contributed by atoms with E-state index in [1.807, 2.05) is 5.43 Å². The smallest absolute Gasteiger partial charge is 0.362 e. The second kappa shape index (κ2) is 7.09. The lowest BCUT2D eigenvalue weighted by molar-refractivity contribution is -0.822. The highest BCUT2D eigenvalue weighted by Crippen LogP contribution is 2.36. The van der Waals surface area contributed by atoms with Gasteiger partial charge in [0.15, 0.2) is 23.9 Å². The number of nitrogens with two attached hydrogens (primary N) is 1. The number of methoxy groups -OCH3 is 1. The highest BCUT2D eigenvalue weighted by molar-refractivity contribution is 5.76. The SMILES string of the molecule is COC1OC2COc3ccccc3OC2C(N=C(N)N[N+](=O)O)C1O. The van der Waals surface area contributed by atoms with Gasteiger partial charge in [0.05, 0.1) is 0 Å². The average molecular weight is 355 g/mol. The van der Waals surface area contributed by atoms with Crippen molar-refractivity contribution in [1.82, 2.24) is 5.43 Å². The summed E-state index contributed by atoms with van der Waals surface area (Å²) in [7, 11) is 1.37. The molecule has 5 unspecified atom stereocenters. The van der Waals surface area contributed by atoms with Gasteiger partial charge in [-0.1, -0.05) is 12.1 Å². The molecule has 1 aromatic rings. The van der Waals surface area contributed by atoms with Crippen molar-refractivity contribution in [1.29, 1.82) is 0 Å². The number of rotatable bonds is 3. The normalized spacial score (nSPS) is 31.6. The van der Waals surface area contributed by atoms with Crippen LogP contribution in [0, 0.1) is 4.91 Å². The summed E-state index contributed by atoms with van der Waals surface area (Å²) in [5.41, 5.74) is 7.42. The average Bonchev–Trinajstić information content (AvgIpc) is 2.76. The molecule has 0 bridgehead atoms. The van der Waals surface area contributed by atoms with Crippen LogP contribution in [0.2, 0.25) is 0 Å². The minimum Gasteiger partial charge on any atom is -0.487 e. The van der Waals surface area contributed by atoms with E-state index in [9.17, 15) is 10.0 Å². The summed E-state index contributed by atoms with van der Waals surface area (Å²) in [6.07, 6.45) is -3.59. The minimum atomic E-state index is -1.23. The zero-order chi connectivity index (χ0) is 18.0. The molecule has 25 heavy (non-hydrogen) atoms. The topological polar surface area (TPSA) is 148 Å². The molecule has 0 amide bonds. The van der Waals surface area contributed by atoms with E-state index >= 15 is 0 Å². The summed E-state index contributed by atoms with van der Waals surface area (Å²) in [6.45, 7) is 0.140.